The first-order valence-corrected chi connectivity index (χ1v) is 10.8. The van der Waals surface area contributed by atoms with E-state index in [-0.39, 0.29) is 24.4 Å². The minimum atomic E-state index is -3.12. The van der Waals surface area contributed by atoms with Crippen LogP contribution in [0.4, 0.5) is 10.6 Å². The average molecular weight is 369 g/mol. The molecule has 1 aromatic heterocycles. The second-order valence-electron chi connectivity index (χ2n) is 7.40. The SMILES string of the molecule is CCC(C)n1nc(NC(=O)N2CCC3(CCC3)S(=O)(=O)CC2)cc1C. The van der Waals surface area contributed by atoms with Gasteiger partial charge in [0.1, 0.15) is 0 Å². The van der Waals surface area contributed by atoms with E-state index in [0.29, 0.717) is 18.8 Å². The van der Waals surface area contributed by atoms with E-state index in [1.807, 2.05) is 17.7 Å². The minimum absolute atomic E-state index is 0.0563. The third-order valence-electron chi connectivity index (χ3n) is 5.84. The van der Waals surface area contributed by atoms with Gasteiger partial charge in [-0.1, -0.05) is 13.3 Å². The smallest absolute Gasteiger partial charge is 0.323 e. The lowest BCUT2D eigenvalue weighted by atomic mass is 9.81. The molecule has 7 nitrogen and oxygen atoms in total. The molecule has 8 heteroatoms. The number of anilines is 1. The van der Waals surface area contributed by atoms with Crippen LogP contribution in [0.15, 0.2) is 6.07 Å². The topological polar surface area (TPSA) is 84.3 Å². The molecule has 1 unspecified atom stereocenters. The maximum Gasteiger partial charge on any atom is 0.323 e. The molecular weight excluding hydrogens is 340 g/mol. The molecular formula is C17H28N4O3S. The van der Waals surface area contributed by atoms with Crippen molar-refractivity contribution < 1.29 is 13.2 Å². The van der Waals surface area contributed by atoms with Gasteiger partial charge in [0.25, 0.3) is 0 Å². The summed E-state index contributed by atoms with van der Waals surface area (Å²) in [7, 11) is -3.12. The first-order chi connectivity index (χ1) is 11.8. The molecule has 1 aliphatic carbocycles. The summed E-state index contributed by atoms with van der Waals surface area (Å²) in [5.41, 5.74) is 0.997. The highest BCUT2D eigenvalue weighted by Gasteiger charge is 2.49. The van der Waals surface area contributed by atoms with Crippen molar-refractivity contribution in [2.24, 2.45) is 0 Å². The summed E-state index contributed by atoms with van der Waals surface area (Å²) >= 11 is 0. The molecule has 1 spiro atoms. The molecule has 2 fully saturated rings. The molecule has 3 rings (SSSR count). The van der Waals surface area contributed by atoms with Gasteiger partial charge in [0.2, 0.25) is 0 Å². The molecule has 0 bridgehead atoms. The summed E-state index contributed by atoms with van der Waals surface area (Å²) in [6.07, 6.45) is 3.95. The molecule has 1 N–H and O–H groups in total. The van der Waals surface area contributed by atoms with E-state index in [1.54, 1.807) is 4.90 Å². The fraction of sp³-hybridized carbons (Fsp3) is 0.765. The molecule has 2 heterocycles. The Hall–Kier alpha value is -1.57. The highest BCUT2D eigenvalue weighted by molar-refractivity contribution is 7.92. The van der Waals surface area contributed by atoms with Crippen molar-refractivity contribution in [1.29, 1.82) is 0 Å². The van der Waals surface area contributed by atoms with Gasteiger partial charge in [-0.3, -0.25) is 10.00 Å². The third kappa shape index (κ3) is 3.28. The molecule has 2 amide bonds. The lowest BCUT2D eigenvalue weighted by Crippen LogP contribution is -2.46. The number of hydrogen-bond acceptors (Lipinski definition) is 4. The van der Waals surface area contributed by atoms with E-state index in [0.717, 1.165) is 31.4 Å². The normalized spacial score (nSPS) is 22.9. The maximum absolute atomic E-state index is 12.6. The summed E-state index contributed by atoms with van der Waals surface area (Å²) in [6, 6.07) is 1.86. The lowest BCUT2D eigenvalue weighted by Gasteiger charge is -2.39. The van der Waals surface area contributed by atoms with Crippen molar-refractivity contribution in [3.05, 3.63) is 11.8 Å². The predicted molar refractivity (Wildman–Crippen MR) is 97.5 cm³/mol. The lowest BCUT2D eigenvalue weighted by molar-refractivity contribution is 0.209. The van der Waals surface area contributed by atoms with Crippen molar-refractivity contribution in [3.63, 3.8) is 0 Å². The summed E-state index contributed by atoms with van der Waals surface area (Å²) in [5.74, 6) is 0.578. The van der Waals surface area contributed by atoms with E-state index in [4.69, 9.17) is 0 Å². The van der Waals surface area contributed by atoms with Gasteiger partial charge >= 0.3 is 6.03 Å². The number of aromatic nitrogens is 2. The van der Waals surface area contributed by atoms with E-state index < -0.39 is 14.6 Å². The molecule has 2 aliphatic rings. The van der Waals surface area contributed by atoms with Gasteiger partial charge in [0, 0.05) is 30.9 Å². The highest BCUT2D eigenvalue weighted by atomic mass is 32.2. The maximum atomic E-state index is 12.6. The van der Waals surface area contributed by atoms with Crippen LogP contribution in [-0.4, -0.2) is 52.7 Å². The Bertz CT molecular complexity index is 752. The van der Waals surface area contributed by atoms with Crippen LogP contribution in [0.2, 0.25) is 0 Å². The van der Waals surface area contributed by atoms with Gasteiger partial charge in [-0.2, -0.15) is 5.10 Å². The molecule has 1 atom stereocenters. The van der Waals surface area contributed by atoms with Crippen molar-refractivity contribution in [2.45, 2.75) is 63.7 Å². The number of amides is 2. The fourth-order valence-corrected chi connectivity index (χ4v) is 5.95. The molecule has 0 aromatic carbocycles. The molecule has 1 saturated heterocycles. The van der Waals surface area contributed by atoms with Gasteiger partial charge in [0.05, 0.1) is 10.5 Å². The second kappa shape index (κ2) is 6.63. The Kier molecular flexibility index (Phi) is 4.83. The van der Waals surface area contributed by atoms with Gasteiger partial charge in [-0.25, -0.2) is 13.2 Å². The fourth-order valence-electron chi connectivity index (χ4n) is 3.74. The minimum Gasteiger partial charge on any atom is -0.323 e. The summed E-state index contributed by atoms with van der Waals surface area (Å²) < 4.78 is 26.4. The Morgan fingerprint density at radius 1 is 1.36 bits per heavy atom. The second-order valence-corrected chi connectivity index (χ2v) is 9.90. The van der Waals surface area contributed by atoms with Crippen LogP contribution in [0.3, 0.4) is 0 Å². The predicted octanol–water partition coefficient (Wildman–Crippen LogP) is 2.74. The zero-order chi connectivity index (χ0) is 18.2. The number of aryl methyl sites for hydroxylation is 1. The van der Waals surface area contributed by atoms with E-state index >= 15 is 0 Å². The van der Waals surface area contributed by atoms with Crippen molar-refractivity contribution in [2.75, 3.05) is 24.2 Å². The van der Waals surface area contributed by atoms with E-state index in [2.05, 4.69) is 24.3 Å². The largest absolute Gasteiger partial charge is 0.323 e. The van der Waals surface area contributed by atoms with Crippen LogP contribution in [0.25, 0.3) is 0 Å². The average Bonchev–Trinajstić information content (AvgIpc) is 2.79. The van der Waals surface area contributed by atoms with Gasteiger partial charge in [0.15, 0.2) is 15.7 Å². The summed E-state index contributed by atoms with van der Waals surface area (Å²) in [5, 5.41) is 7.29. The Morgan fingerprint density at radius 3 is 2.68 bits per heavy atom. The number of urea groups is 1. The van der Waals surface area contributed by atoms with Crippen LogP contribution in [0.5, 0.6) is 0 Å². The number of sulfone groups is 1. The Labute approximate surface area is 149 Å². The van der Waals surface area contributed by atoms with Crippen molar-refractivity contribution >= 4 is 21.7 Å². The van der Waals surface area contributed by atoms with Crippen LogP contribution in [0, 0.1) is 6.92 Å². The number of hydrogen-bond donors (Lipinski definition) is 1. The van der Waals surface area contributed by atoms with Gasteiger partial charge in [-0.15, -0.1) is 0 Å². The monoisotopic (exact) mass is 368 g/mol. The molecule has 1 saturated carbocycles. The quantitative estimate of drug-likeness (QED) is 0.889. The molecule has 0 radical (unpaired) electrons. The molecule has 25 heavy (non-hydrogen) atoms. The van der Waals surface area contributed by atoms with Gasteiger partial charge in [-0.05, 0) is 39.5 Å². The molecule has 1 aromatic rings. The number of carbonyl (C=O) groups is 1. The van der Waals surface area contributed by atoms with E-state index in [9.17, 15) is 13.2 Å². The van der Waals surface area contributed by atoms with Crippen LogP contribution >= 0.6 is 0 Å². The van der Waals surface area contributed by atoms with Crippen LogP contribution in [-0.2, 0) is 9.84 Å². The number of carbonyl (C=O) groups excluding carboxylic acids is 1. The number of nitrogens with zero attached hydrogens (tertiary/aromatic N) is 3. The summed E-state index contributed by atoms with van der Waals surface area (Å²) in [4.78, 5) is 14.2. The Morgan fingerprint density at radius 2 is 2.08 bits per heavy atom. The zero-order valence-corrected chi connectivity index (χ0v) is 16.1. The van der Waals surface area contributed by atoms with Crippen LogP contribution in [0.1, 0.15) is 57.7 Å². The first-order valence-electron chi connectivity index (χ1n) is 9.12. The number of nitrogens with one attached hydrogen (secondary N) is 1. The molecule has 1 aliphatic heterocycles. The first kappa shape index (κ1) is 18.2. The molecule has 140 valence electrons. The summed E-state index contributed by atoms with van der Waals surface area (Å²) in [6.45, 7) is 6.88. The standard InChI is InChI=1S/C17H28N4O3S/c1-4-13(2)21-14(3)12-15(19-21)18-16(22)20-9-8-17(6-5-7-17)25(23,24)11-10-20/h12-13H,4-11H2,1-3H3,(H,18,19,22). The van der Waals surface area contributed by atoms with Crippen molar-refractivity contribution in [3.8, 4) is 0 Å². The van der Waals surface area contributed by atoms with E-state index in [1.165, 1.54) is 0 Å². The highest BCUT2D eigenvalue weighted by Crippen LogP contribution is 2.43. The van der Waals surface area contributed by atoms with Gasteiger partial charge < -0.3 is 4.90 Å². The van der Waals surface area contributed by atoms with Crippen LogP contribution < -0.4 is 5.32 Å². The Balaban J connectivity index is 1.68. The zero-order valence-electron chi connectivity index (χ0n) is 15.3. The third-order valence-corrected chi connectivity index (χ3v) is 8.50. The number of rotatable bonds is 3. The van der Waals surface area contributed by atoms with Crippen molar-refractivity contribution in [1.82, 2.24) is 14.7 Å².